The molecule has 0 aliphatic carbocycles. The number of halogens is 1. The van der Waals surface area contributed by atoms with Crippen molar-refractivity contribution in [2.24, 2.45) is 5.73 Å². The second-order valence-corrected chi connectivity index (χ2v) is 4.72. The molecular formula is C16H19FN2. The van der Waals surface area contributed by atoms with Gasteiger partial charge in [-0.05, 0) is 42.7 Å². The van der Waals surface area contributed by atoms with E-state index in [-0.39, 0.29) is 11.9 Å². The highest BCUT2D eigenvalue weighted by Gasteiger charge is 2.15. The average Bonchev–Trinajstić information content (AvgIpc) is 2.39. The van der Waals surface area contributed by atoms with Crippen molar-refractivity contribution in [2.45, 2.75) is 19.9 Å². The Morgan fingerprint density at radius 1 is 1.05 bits per heavy atom. The van der Waals surface area contributed by atoms with Gasteiger partial charge in [0.1, 0.15) is 5.82 Å². The predicted octanol–water partition coefficient (Wildman–Crippen LogP) is 3.55. The second-order valence-electron chi connectivity index (χ2n) is 4.72. The Labute approximate surface area is 113 Å². The lowest BCUT2D eigenvalue weighted by Gasteiger charge is -2.22. The van der Waals surface area contributed by atoms with E-state index in [0.717, 1.165) is 5.56 Å². The predicted molar refractivity (Wildman–Crippen MR) is 77.7 cm³/mol. The van der Waals surface area contributed by atoms with E-state index in [1.54, 1.807) is 12.1 Å². The zero-order chi connectivity index (χ0) is 13.8. The molecule has 0 bridgehead atoms. The standard InChI is InChI=1S/C16H19FN2/c1-11-6-5-7-12(2)16(11)15(10-18)19-14-9-4-3-8-13(14)17/h3-9,15,19H,10,18H2,1-2H3. The molecule has 0 aliphatic heterocycles. The van der Waals surface area contributed by atoms with Crippen LogP contribution in [0.3, 0.4) is 0 Å². The topological polar surface area (TPSA) is 38.0 Å². The summed E-state index contributed by atoms with van der Waals surface area (Å²) in [6.07, 6.45) is 0. The monoisotopic (exact) mass is 258 g/mol. The Morgan fingerprint density at radius 3 is 2.26 bits per heavy atom. The van der Waals surface area contributed by atoms with Crippen LogP contribution in [-0.2, 0) is 0 Å². The second kappa shape index (κ2) is 5.85. The van der Waals surface area contributed by atoms with Crippen molar-refractivity contribution < 1.29 is 4.39 Å². The molecule has 0 aliphatic rings. The average molecular weight is 258 g/mol. The number of rotatable bonds is 4. The van der Waals surface area contributed by atoms with Crippen molar-refractivity contribution in [1.82, 2.24) is 0 Å². The van der Waals surface area contributed by atoms with Crippen LogP contribution in [0.1, 0.15) is 22.7 Å². The van der Waals surface area contributed by atoms with Gasteiger partial charge in [-0.1, -0.05) is 30.3 Å². The van der Waals surface area contributed by atoms with Gasteiger partial charge < -0.3 is 11.1 Å². The van der Waals surface area contributed by atoms with Gasteiger partial charge in [-0.15, -0.1) is 0 Å². The molecule has 2 aromatic carbocycles. The van der Waals surface area contributed by atoms with E-state index in [1.807, 2.05) is 38.1 Å². The third-order valence-electron chi connectivity index (χ3n) is 3.33. The van der Waals surface area contributed by atoms with Crippen LogP contribution in [0.25, 0.3) is 0 Å². The van der Waals surface area contributed by atoms with Gasteiger partial charge in [-0.25, -0.2) is 4.39 Å². The summed E-state index contributed by atoms with van der Waals surface area (Å²) in [5, 5.41) is 3.19. The quantitative estimate of drug-likeness (QED) is 0.880. The van der Waals surface area contributed by atoms with Crippen molar-refractivity contribution >= 4 is 5.69 Å². The number of nitrogens with two attached hydrogens (primary N) is 1. The molecular weight excluding hydrogens is 239 g/mol. The molecule has 0 radical (unpaired) electrons. The van der Waals surface area contributed by atoms with Crippen molar-refractivity contribution in [1.29, 1.82) is 0 Å². The number of anilines is 1. The molecule has 3 N–H and O–H groups in total. The van der Waals surface area contributed by atoms with Gasteiger partial charge in [0.25, 0.3) is 0 Å². The van der Waals surface area contributed by atoms with E-state index in [9.17, 15) is 4.39 Å². The van der Waals surface area contributed by atoms with Crippen LogP contribution in [0.15, 0.2) is 42.5 Å². The van der Waals surface area contributed by atoms with Crippen LogP contribution in [0, 0.1) is 19.7 Å². The number of para-hydroxylation sites is 1. The van der Waals surface area contributed by atoms with Crippen LogP contribution in [-0.4, -0.2) is 6.54 Å². The summed E-state index contributed by atoms with van der Waals surface area (Å²) in [5.41, 5.74) is 9.82. The van der Waals surface area contributed by atoms with Crippen molar-refractivity contribution in [2.75, 3.05) is 11.9 Å². The maximum absolute atomic E-state index is 13.7. The van der Waals surface area contributed by atoms with Crippen molar-refractivity contribution in [3.05, 3.63) is 65.0 Å². The minimum atomic E-state index is -0.257. The van der Waals surface area contributed by atoms with Gasteiger partial charge in [0.15, 0.2) is 0 Å². The molecule has 0 fully saturated rings. The molecule has 2 nitrogen and oxygen atoms in total. The first-order valence-electron chi connectivity index (χ1n) is 6.40. The zero-order valence-electron chi connectivity index (χ0n) is 11.3. The number of benzene rings is 2. The first-order valence-corrected chi connectivity index (χ1v) is 6.40. The first kappa shape index (κ1) is 13.6. The molecule has 0 aromatic heterocycles. The molecule has 19 heavy (non-hydrogen) atoms. The normalized spacial score (nSPS) is 12.2. The third kappa shape index (κ3) is 2.93. The number of hydrogen-bond acceptors (Lipinski definition) is 2. The Morgan fingerprint density at radius 2 is 1.68 bits per heavy atom. The van der Waals surface area contributed by atoms with Gasteiger partial charge in [-0.3, -0.25) is 0 Å². The lowest BCUT2D eigenvalue weighted by molar-refractivity contribution is 0.625. The maximum Gasteiger partial charge on any atom is 0.146 e. The third-order valence-corrected chi connectivity index (χ3v) is 3.33. The van der Waals surface area contributed by atoms with Gasteiger partial charge >= 0.3 is 0 Å². The molecule has 0 spiro atoms. The summed E-state index contributed by atoms with van der Waals surface area (Å²) in [6, 6.07) is 12.7. The lowest BCUT2D eigenvalue weighted by Crippen LogP contribution is -2.22. The van der Waals surface area contributed by atoms with Crippen LogP contribution in [0.2, 0.25) is 0 Å². The summed E-state index contributed by atoms with van der Waals surface area (Å²) < 4.78 is 13.7. The minimum absolute atomic E-state index is 0.0851. The van der Waals surface area contributed by atoms with Gasteiger partial charge in [0, 0.05) is 6.54 Å². The van der Waals surface area contributed by atoms with Crippen LogP contribution in [0.4, 0.5) is 10.1 Å². The Kier molecular flexibility index (Phi) is 4.17. The summed E-state index contributed by atoms with van der Waals surface area (Å²) in [5.74, 6) is -0.257. The molecule has 2 aromatic rings. The fourth-order valence-corrected chi connectivity index (χ4v) is 2.39. The van der Waals surface area contributed by atoms with E-state index in [2.05, 4.69) is 5.32 Å². The smallest absolute Gasteiger partial charge is 0.146 e. The minimum Gasteiger partial charge on any atom is -0.375 e. The highest BCUT2D eigenvalue weighted by molar-refractivity contribution is 5.49. The molecule has 0 amide bonds. The number of aryl methyl sites for hydroxylation is 2. The Bertz CT molecular complexity index is 546. The number of hydrogen-bond donors (Lipinski definition) is 2. The van der Waals surface area contributed by atoms with Gasteiger partial charge in [-0.2, -0.15) is 0 Å². The highest BCUT2D eigenvalue weighted by Crippen LogP contribution is 2.26. The molecule has 2 rings (SSSR count). The van der Waals surface area contributed by atoms with Gasteiger partial charge in [0.05, 0.1) is 11.7 Å². The summed E-state index contributed by atoms with van der Waals surface area (Å²) >= 11 is 0. The molecule has 0 heterocycles. The van der Waals surface area contributed by atoms with E-state index in [0.29, 0.717) is 12.2 Å². The van der Waals surface area contributed by atoms with Crippen LogP contribution < -0.4 is 11.1 Å². The summed E-state index contributed by atoms with van der Waals surface area (Å²) in [7, 11) is 0. The van der Waals surface area contributed by atoms with E-state index >= 15 is 0 Å². The van der Waals surface area contributed by atoms with Crippen molar-refractivity contribution in [3.8, 4) is 0 Å². The molecule has 3 heteroatoms. The maximum atomic E-state index is 13.7. The molecule has 1 unspecified atom stereocenters. The Hall–Kier alpha value is -1.87. The largest absolute Gasteiger partial charge is 0.375 e. The number of nitrogens with one attached hydrogen (secondary N) is 1. The highest BCUT2D eigenvalue weighted by atomic mass is 19.1. The van der Waals surface area contributed by atoms with Crippen LogP contribution >= 0.6 is 0 Å². The van der Waals surface area contributed by atoms with Gasteiger partial charge in [0.2, 0.25) is 0 Å². The van der Waals surface area contributed by atoms with E-state index in [1.165, 1.54) is 17.2 Å². The zero-order valence-corrected chi connectivity index (χ0v) is 11.3. The molecule has 1 atom stereocenters. The summed E-state index contributed by atoms with van der Waals surface area (Å²) in [4.78, 5) is 0. The molecule has 0 saturated heterocycles. The molecule has 100 valence electrons. The Balaban J connectivity index is 2.34. The lowest BCUT2D eigenvalue weighted by atomic mass is 9.96. The summed E-state index contributed by atoms with van der Waals surface area (Å²) in [6.45, 7) is 4.52. The van der Waals surface area contributed by atoms with E-state index in [4.69, 9.17) is 5.73 Å². The van der Waals surface area contributed by atoms with Crippen LogP contribution in [0.5, 0.6) is 0 Å². The fraction of sp³-hybridized carbons (Fsp3) is 0.250. The SMILES string of the molecule is Cc1cccc(C)c1C(CN)Nc1ccccc1F. The fourth-order valence-electron chi connectivity index (χ4n) is 2.39. The molecule has 0 saturated carbocycles. The van der Waals surface area contributed by atoms with Crippen molar-refractivity contribution in [3.63, 3.8) is 0 Å². The van der Waals surface area contributed by atoms with E-state index < -0.39 is 0 Å². The first-order chi connectivity index (χ1) is 9.13.